The van der Waals surface area contributed by atoms with Crippen molar-refractivity contribution in [2.24, 2.45) is 5.41 Å². The van der Waals surface area contributed by atoms with Crippen LogP contribution in [-0.4, -0.2) is 48.3 Å². The van der Waals surface area contributed by atoms with E-state index >= 15 is 0 Å². The first kappa shape index (κ1) is 26.3. The Kier molecular flexibility index (Phi) is 5.78. The minimum atomic E-state index is -4.57. The minimum Gasteiger partial charge on any atom is -0.383 e. The predicted octanol–water partition coefficient (Wildman–Crippen LogP) is 4.87. The van der Waals surface area contributed by atoms with Crippen molar-refractivity contribution < 1.29 is 22.8 Å². The van der Waals surface area contributed by atoms with Crippen LogP contribution in [0.4, 0.5) is 24.8 Å². The van der Waals surface area contributed by atoms with Crippen LogP contribution in [0, 0.1) is 19.3 Å². The maximum Gasteiger partial charge on any atom is 0.416 e. The van der Waals surface area contributed by atoms with Crippen LogP contribution in [0.2, 0.25) is 5.15 Å². The van der Waals surface area contributed by atoms with Gasteiger partial charge in [0.25, 0.3) is 0 Å². The number of hydrogen-bond acceptors (Lipinski definition) is 6. The second-order valence-corrected chi connectivity index (χ2v) is 11.3. The summed E-state index contributed by atoms with van der Waals surface area (Å²) in [5.41, 5.74) is 6.75. The van der Waals surface area contributed by atoms with Crippen molar-refractivity contribution in [3.05, 3.63) is 52.4 Å². The zero-order valence-corrected chi connectivity index (χ0v) is 22.6. The topological polar surface area (TPSA) is 119 Å². The molecule has 208 valence electrons. The first-order chi connectivity index (χ1) is 18.8. The van der Waals surface area contributed by atoms with E-state index in [0.717, 1.165) is 24.1 Å². The number of likely N-dealkylation sites (tertiary alicyclic amines) is 1. The molecule has 3 atom stereocenters. The summed E-state index contributed by atoms with van der Waals surface area (Å²) in [6.45, 7) is 5.13. The molecule has 0 bridgehead atoms. The van der Waals surface area contributed by atoms with Crippen molar-refractivity contribution in [2.75, 3.05) is 11.1 Å². The fourth-order valence-electron chi connectivity index (χ4n) is 6.01. The normalized spacial score (nSPS) is 22.1. The Morgan fingerprint density at radius 3 is 2.65 bits per heavy atom. The van der Waals surface area contributed by atoms with Crippen molar-refractivity contribution >= 4 is 57.0 Å². The number of aromatic nitrogens is 4. The second-order valence-electron chi connectivity index (χ2n) is 10.9. The van der Waals surface area contributed by atoms with Gasteiger partial charge in [-0.2, -0.15) is 13.2 Å². The van der Waals surface area contributed by atoms with Gasteiger partial charge in [0.2, 0.25) is 11.8 Å². The molecule has 0 spiro atoms. The monoisotopic (exact) mass is 571 g/mol. The highest BCUT2D eigenvalue weighted by Gasteiger charge is 2.64. The van der Waals surface area contributed by atoms with Crippen LogP contribution in [0.3, 0.4) is 0 Å². The van der Waals surface area contributed by atoms with Crippen molar-refractivity contribution in [1.29, 1.82) is 0 Å². The lowest BCUT2D eigenvalue weighted by Crippen LogP contribution is -2.46. The van der Waals surface area contributed by atoms with E-state index in [0.29, 0.717) is 23.3 Å². The lowest BCUT2D eigenvalue weighted by atomic mass is 10.0. The number of pyridine rings is 1. The Morgan fingerprint density at radius 2 is 1.93 bits per heavy atom. The number of benzene rings is 1. The van der Waals surface area contributed by atoms with Gasteiger partial charge in [-0.3, -0.25) is 9.59 Å². The number of nitrogens with zero attached hydrogens (tertiary/aromatic N) is 5. The molecule has 1 aromatic carbocycles. The summed E-state index contributed by atoms with van der Waals surface area (Å²) >= 11 is 6.01. The van der Waals surface area contributed by atoms with Crippen molar-refractivity contribution in [3.8, 4) is 0 Å². The van der Waals surface area contributed by atoms with Crippen molar-refractivity contribution in [3.63, 3.8) is 0 Å². The molecule has 3 aromatic heterocycles. The maximum atomic E-state index is 13.9. The van der Waals surface area contributed by atoms with E-state index in [-0.39, 0.29) is 57.2 Å². The van der Waals surface area contributed by atoms with E-state index in [2.05, 4.69) is 20.3 Å². The number of carbonyl (C=O) groups excluding carboxylic acids is 2. The van der Waals surface area contributed by atoms with E-state index in [1.165, 1.54) is 6.33 Å². The number of halogens is 4. The number of anilines is 2. The third kappa shape index (κ3) is 4.12. The number of alkyl halides is 3. The first-order valence-corrected chi connectivity index (χ1v) is 13.0. The average molecular weight is 572 g/mol. The number of fused-ring (bicyclic) bond motifs is 4. The van der Waals surface area contributed by atoms with Gasteiger partial charge in [-0.05, 0) is 61.4 Å². The van der Waals surface area contributed by atoms with Crippen LogP contribution < -0.4 is 11.1 Å². The number of rotatable bonds is 4. The lowest BCUT2D eigenvalue weighted by Gasteiger charge is -2.27. The predicted molar refractivity (Wildman–Crippen MR) is 144 cm³/mol. The number of piperidine rings is 1. The largest absolute Gasteiger partial charge is 0.416 e. The summed E-state index contributed by atoms with van der Waals surface area (Å²) in [6, 6.07) is 4.53. The molecule has 1 aliphatic carbocycles. The summed E-state index contributed by atoms with van der Waals surface area (Å²) in [5, 5.41) is 3.50. The molecule has 6 rings (SSSR count). The SMILES string of the molecule is Cc1ccc(Cl)nc1NC(=O)[C@@H]1C[C@@]2(C)CC2N1C(=O)Cn1c2ncnc(N)c2c2cc(C(F)(F)F)cc(C)c21. The van der Waals surface area contributed by atoms with E-state index in [1.54, 1.807) is 35.4 Å². The Bertz CT molecular complexity index is 1740. The Hall–Kier alpha value is -3.93. The molecule has 2 aliphatic rings. The maximum absolute atomic E-state index is 13.9. The summed E-state index contributed by atoms with van der Waals surface area (Å²) in [6.07, 6.45) is -2.13. The number of hydrogen-bond donors (Lipinski definition) is 2. The van der Waals surface area contributed by atoms with E-state index < -0.39 is 17.8 Å². The third-order valence-corrected chi connectivity index (χ3v) is 8.31. The zero-order valence-electron chi connectivity index (χ0n) is 21.8. The van der Waals surface area contributed by atoms with Crippen LogP contribution in [0.25, 0.3) is 21.9 Å². The number of nitrogen functional groups attached to an aromatic ring is 1. The van der Waals surface area contributed by atoms with Crippen molar-refractivity contribution in [1.82, 2.24) is 24.4 Å². The van der Waals surface area contributed by atoms with Crippen LogP contribution in [-0.2, 0) is 22.3 Å². The summed E-state index contributed by atoms with van der Waals surface area (Å²) in [7, 11) is 0. The quantitative estimate of drug-likeness (QED) is 0.337. The molecule has 13 heteroatoms. The molecule has 0 radical (unpaired) electrons. The molecule has 2 fully saturated rings. The molecular weight excluding hydrogens is 547 g/mol. The van der Waals surface area contributed by atoms with Crippen LogP contribution >= 0.6 is 11.6 Å². The van der Waals surface area contributed by atoms with Crippen LogP contribution in [0.15, 0.2) is 30.6 Å². The van der Waals surface area contributed by atoms with Gasteiger partial charge in [-0.15, -0.1) is 0 Å². The summed E-state index contributed by atoms with van der Waals surface area (Å²) in [4.78, 5) is 41.4. The van der Waals surface area contributed by atoms with Gasteiger partial charge in [0.15, 0.2) is 0 Å². The lowest BCUT2D eigenvalue weighted by molar-refractivity contribution is -0.138. The molecule has 1 saturated heterocycles. The van der Waals surface area contributed by atoms with Crippen molar-refractivity contribution in [2.45, 2.75) is 58.4 Å². The number of carbonyl (C=O) groups is 2. The molecule has 3 N–H and O–H groups in total. The van der Waals surface area contributed by atoms with Gasteiger partial charge in [-0.25, -0.2) is 15.0 Å². The summed E-state index contributed by atoms with van der Waals surface area (Å²) in [5.74, 6) is -0.393. The molecule has 1 unspecified atom stereocenters. The molecule has 1 saturated carbocycles. The minimum absolute atomic E-state index is 0.0116. The van der Waals surface area contributed by atoms with Gasteiger partial charge in [0.1, 0.15) is 41.3 Å². The van der Waals surface area contributed by atoms with E-state index in [1.807, 2.05) is 6.92 Å². The highest BCUT2D eigenvalue weighted by atomic mass is 35.5. The van der Waals surface area contributed by atoms with E-state index in [4.69, 9.17) is 17.3 Å². The molecule has 2 amide bonds. The molecule has 4 heterocycles. The number of aryl methyl sites for hydroxylation is 2. The van der Waals surface area contributed by atoms with Gasteiger partial charge >= 0.3 is 6.18 Å². The number of amides is 2. The Morgan fingerprint density at radius 1 is 1.18 bits per heavy atom. The van der Waals surface area contributed by atoms with Gasteiger partial charge in [0, 0.05) is 11.4 Å². The van der Waals surface area contributed by atoms with Crippen LogP contribution in [0.1, 0.15) is 36.5 Å². The third-order valence-electron chi connectivity index (χ3n) is 8.10. The first-order valence-electron chi connectivity index (χ1n) is 12.6. The molecular formula is C27H25ClF3N7O2. The Labute approximate surface area is 231 Å². The second kappa shape index (κ2) is 8.79. The number of nitrogens with one attached hydrogen (secondary N) is 1. The molecule has 1 aliphatic heterocycles. The fraction of sp³-hybridized carbons (Fsp3) is 0.370. The highest BCUT2D eigenvalue weighted by Crippen LogP contribution is 2.59. The van der Waals surface area contributed by atoms with Crippen LogP contribution in [0.5, 0.6) is 0 Å². The summed E-state index contributed by atoms with van der Waals surface area (Å²) < 4.78 is 42.5. The highest BCUT2D eigenvalue weighted by molar-refractivity contribution is 6.29. The molecule has 40 heavy (non-hydrogen) atoms. The van der Waals surface area contributed by atoms with E-state index in [9.17, 15) is 22.8 Å². The van der Waals surface area contributed by atoms with Gasteiger partial charge in [-0.1, -0.05) is 24.6 Å². The Balaban J connectivity index is 1.39. The number of nitrogens with two attached hydrogens (primary N) is 1. The van der Waals surface area contributed by atoms with Gasteiger partial charge < -0.3 is 20.5 Å². The fourth-order valence-corrected chi connectivity index (χ4v) is 6.16. The molecule has 4 aromatic rings. The van der Waals surface area contributed by atoms with Gasteiger partial charge in [0.05, 0.1) is 16.5 Å². The zero-order chi connectivity index (χ0) is 28.7. The smallest absolute Gasteiger partial charge is 0.383 e. The standard InChI is InChI=1S/C27H25ClF3N7O2/c1-12-4-5-18(28)35-23(12)36-25(40)16-8-26(3)9-17(26)38(16)19(39)10-37-21-13(2)6-14(27(29,30)31)7-15(21)20-22(32)33-11-34-24(20)37/h4-7,11,16-17H,8-10H2,1-3H3,(H2,32,33,34)(H,35,36,40)/t16-,17?,26-/m0/s1. The molecule has 9 nitrogen and oxygen atoms in total. The average Bonchev–Trinajstić information content (AvgIpc) is 3.26.